The second kappa shape index (κ2) is 45.4. The Hall–Kier alpha value is -9.60. The molecule has 0 saturated heterocycles. The highest BCUT2D eigenvalue weighted by molar-refractivity contribution is 8.13. The van der Waals surface area contributed by atoms with E-state index in [1.54, 1.807) is 77.1 Å². The SMILES string of the molecule is Cc1ccc(S(=O)(=O)Cl)cc1.Cc1ccc(S(=O)(=O)OCC(COS(=O)(=O)c2ccc(C)cc2)(COS(=O)(=O)c2ccc(C)cc2)COS(=O)(=O)c2ccc(C)cc2)cc1.Cc1ccc(S(=O)(=O)OCC(COc2cccc(C)c2)(COc2cccc(C(F)(F)F)c2)COc2cccc(C(F)(F)F)c2)cc1.OCC(CO)(CO)CO.Oc1cccc(C(F)(F)F)c1.[3HH]. The Morgan fingerprint density at radius 3 is 0.690 bits per heavy atom. The molecule has 10 aromatic rings. The summed E-state index contributed by atoms with van der Waals surface area (Å²) in [6, 6.07) is 53.5. The van der Waals surface area contributed by atoms with Crippen LogP contribution in [0.1, 0.15) is 57.1 Å². The Kier molecular flexibility index (Phi) is 37.9. The van der Waals surface area contributed by atoms with Gasteiger partial charge in [-0.1, -0.05) is 137 Å². The van der Waals surface area contributed by atoms with Crippen LogP contribution in [0.4, 0.5) is 39.5 Å². The number of ether oxygens (including phenoxy) is 3. The van der Waals surface area contributed by atoms with E-state index in [1.165, 1.54) is 140 Å². The van der Waals surface area contributed by atoms with Crippen molar-refractivity contribution in [2.75, 3.05) is 79.3 Å². The molecule has 0 saturated carbocycles. The van der Waals surface area contributed by atoms with Gasteiger partial charge in [-0.15, -0.1) is 0 Å². The summed E-state index contributed by atoms with van der Waals surface area (Å²) in [7, 11) is -21.1. The number of benzene rings is 10. The van der Waals surface area contributed by atoms with Gasteiger partial charge in [0.15, 0.2) is 0 Å². The molecule has 0 spiro atoms. The number of aliphatic hydroxyl groups excluding tert-OH is 4. The van der Waals surface area contributed by atoms with Crippen molar-refractivity contribution in [2.45, 2.75) is 96.4 Å². The van der Waals surface area contributed by atoms with Crippen LogP contribution < -0.4 is 14.2 Å². The minimum Gasteiger partial charge on any atom is -0.508 e. The third-order valence-corrected chi connectivity index (χ3v) is 25.7. The Labute approximate surface area is 731 Å². The van der Waals surface area contributed by atoms with Crippen molar-refractivity contribution in [1.29, 1.82) is 0 Å². The van der Waals surface area contributed by atoms with Gasteiger partial charge in [-0.25, -0.2) is 8.42 Å². The highest BCUT2D eigenvalue weighted by Gasteiger charge is 2.43. The van der Waals surface area contributed by atoms with E-state index in [4.69, 9.17) is 71.3 Å². The third-order valence-electron chi connectivity index (χ3n) is 17.9. The van der Waals surface area contributed by atoms with E-state index in [9.17, 15) is 90.0 Å². The standard InChI is InChI=1S/C33H30F6O6S.C33H36O12S4.C7H7ClO2S.C7H5F3O.C5H12O4.H2/c1-23-12-14-30(15-13-23)46(40,41)45-22-31(19-42-27-9-3-6-24(2)16-27,20-43-28-10-4-7-25(17-28)32(34,35)36)21-44-29-11-5-8-26(18-29)33(37,38)39;1-25-5-13-29(14-6-25)46(34,35)42-21-33(22-43-47(36,37)30-15-7-26(2)8-16-30,23-44-48(38,39)31-17-9-27(3)10-18-31)24-45-49(40,41)32-19-11-28(4)12-20-32;1-6-2-4-7(5-3-6)11(8,9)10;8-7(9,10)5-2-1-3-6(11)4-5;6-1-5(2-7,3-8)4-9;/h3-18H,19-22H2,1-2H3;5-20H,21-24H2,1-4H3;2-5H,1H3;1-4,11H;6-9H,1-4H2;1H/i;;;;;1+2. The molecule has 0 unspecified atom stereocenters. The maximum Gasteiger partial charge on any atom is 0.416 e. The molecule has 126 heavy (non-hydrogen) atoms. The van der Waals surface area contributed by atoms with Gasteiger partial charge in [0.25, 0.3) is 59.6 Å². The summed E-state index contributed by atoms with van der Waals surface area (Å²) >= 11 is 0. The highest BCUT2D eigenvalue weighted by atomic mass is 35.7. The van der Waals surface area contributed by atoms with Crippen molar-refractivity contribution in [1.82, 2.24) is 0 Å². The molecular formula is C85H92ClF9O25S6. The molecule has 0 bridgehead atoms. The van der Waals surface area contributed by atoms with Gasteiger partial charge >= 0.3 is 18.5 Å². The zero-order valence-electron chi connectivity index (χ0n) is 68.2. The van der Waals surface area contributed by atoms with Gasteiger partial charge in [0.1, 0.15) is 42.8 Å². The van der Waals surface area contributed by atoms with Gasteiger partial charge in [-0.05, 0) is 194 Å². The molecule has 0 aromatic heterocycles. The molecule has 0 atom stereocenters. The topological polar surface area (TPSA) is 380 Å². The number of aliphatic hydroxyl groups is 4. The number of phenols is 1. The Balaban J connectivity index is 0.000000334. The molecule has 0 heterocycles. The van der Waals surface area contributed by atoms with Crippen LogP contribution in [0.25, 0.3) is 0 Å². The summed E-state index contributed by atoms with van der Waals surface area (Å²) in [6.45, 7) is 4.68. The zero-order chi connectivity index (χ0) is 94.0. The summed E-state index contributed by atoms with van der Waals surface area (Å²) < 4.78 is 314. The van der Waals surface area contributed by atoms with Crippen molar-refractivity contribution >= 4 is 70.3 Å². The first-order valence-electron chi connectivity index (χ1n) is 37.0. The molecule has 41 heteroatoms. The predicted octanol–water partition coefficient (Wildman–Crippen LogP) is 15.6. The van der Waals surface area contributed by atoms with Crippen molar-refractivity contribution in [3.63, 3.8) is 0 Å². The van der Waals surface area contributed by atoms with Gasteiger partial charge in [-0.3, -0.25) is 20.9 Å². The molecule has 688 valence electrons. The number of aromatic hydroxyl groups is 1. The summed E-state index contributed by atoms with van der Waals surface area (Å²) in [5, 5.41) is 42.7. The lowest BCUT2D eigenvalue weighted by molar-refractivity contribution is -0.138. The van der Waals surface area contributed by atoms with E-state index in [-0.39, 0.29) is 54.7 Å². The summed E-state index contributed by atoms with van der Waals surface area (Å²) in [4.78, 5) is -1.07. The lowest BCUT2D eigenvalue weighted by Crippen LogP contribution is -2.45. The molecule has 10 rings (SSSR count). The number of phenolic OH excluding ortho intramolecular Hbond substituents is 1. The molecule has 5 N–H and O–H groups in total. The van der Waals surface area contributed by atoms with Gasteiger partial charge in [0.05, 0.1) is 122 Å². The van der Waals surface area contributed by atoms with Crippen LogP contribution in [-0.4, -0.2) is 155 Å². The van der Waals surface area contributed by atoms with Crippen molar-refractivity contribution in [3.05, 3.63) is 298 Å². The van der Waals surface area contributed by atoms with Gasteiger partial charge in [0.2, 0.25) is 0 Å². The van der Waals surface area contributed by atoms with Crippen LogP contribution in [0.5, 0.6) is 23.0 Å². The number of rotatable bonds is 34. The van der Waals surface area contributed by atoms with Gasteiger partial charge in [0, 0.05) is 12.1 Å². The first-order valence-corrected chi connectivity index (χ1v) is 46.4. The number of halogens is 10. The maximum absolute atomic E-state index is 13.4. The monoisotopic (exact) mass is 1910 g/mol. The Morgan fingerprint density at radius 1 is 0.270 bits per heavy atom. The Morgan fingerprint density at radius 2 is 0.484 bits per heavy atom. The van der Waals surface area contributed by atoms with E-state index < -0.39 is 184 Å². The van der Waals surface area contributed by atoms with Crippen LogP contribution in [0.2, 0.25) is 0 Å². The average molecular weight is 1910 g/mol. The summed E-state index contributed by atoms with van der Waals surface area (Å²) in [5.74, 6) is -0.408. The summed E-state index contributed by atoms with van der Waals surface area (Å²) in [6.07, 6.45) is -13.7. The third kappa shape index (κ3) is 33.6. The van der Waals surface area contributed by atoms with E-state index in [1.807, 2.05) is 19.9 Å². The van der Waals surface area contributed by atoms with Crippen LogP contribution in [-0.2, 0) is 99.1 Å². The van der Waals surface area contributed by atoms with E-state index in [2.05, 4.69) is 0 Å². The van der Waals surface area contributed by atoms with Crippen molar-refractivity contribution < 1.29 is 152 Å². The lowest BCUT2D eigenvalue weighted by Gasteiger charge is -2.33. The first kappa shape index (κ1) is 105. The molecule has 0 radical (unpaired) electrons. The molecule has 0 aliphatic carbocycles. The quantitative estimate of drug-likeness (QED) is 0.0142. The predicted molar refractivity (Wildman–Crippen MR) is 447 cm³/mol. The molecule has 25 nitrogen and oxygen atoms in total. The number of aryl methyl sites for hydroxylation is 7. The summed E-state index contributed by atoms with van der Waals surface area (Å²) in [5.41, 5.74) is -2.01. The number of hydrogen-bond acceptors (Lipinski definition) is 25. The smallest absolute Gasteiger partial charge is 0.416 e. The lowest BCUT2D eigenvalue weighted by atomic mass is 9.92. The average Bonchev–Trinajstić information content (AvgIpc) is 0.801. The second-order valence-electron chi connectivity index (χ2n) is 28.8. The zero-order valence-corrected chi connectivity index (χ0v) is 73.9. The van der Waals surface area contributed by atoms with E-state index >= 15 is 0 Å². The number of hydrogen-bond donors (Lipinski definition) is 5. The maximum atomic E-state index is 13.4. The Bertz CT molecular complexity index is 5500. The minimum absolute atomic E-state index is 0. The molecule has 0 amide bonds. The van der Waals surface area contributed by atoms with Crippen LogP contribution in [0.3, 0.4) is 0 Å². The van der Waals surface area contributed by atoms with Crippen molar-refractivity contribution in [2.24, 2.45) is 16.2 Å². The fourth-order valence-electron chi connectivity index (χ4n) is 10.00. The normalized spacial score (nSPS) is 12.5. The second-order valence-corrected chi connectivity index (χ2v) is 39.5. The highest BCUT2D eigenvalue weighted by Crippen LogP contribution is 2.37. The molecule has 0 aliphatic heterocycles. The fourth-order valence-corrected chi connectivity index (χ4v) is 15.8. The number of alkyl halides is 9. The molecular weight excluding hydrogens is 1820 g/mol. The minimum atomic E-state index is -4.66. The van der Waals surface area contributed by atoms with E-state index in [0.29, 0.717) is 11.8 Å². The molecule has 0 aliphatic rings. The molecule has 10 aromatic carbocycles. The van der Waals surface area contributed by atoms with Crippen LogP contribution >= 0.6 is 10.7 Å². The van der Waals surface area contributed by atoms with E-state index in [0.717, 1.165) is 87.5 Å². The fraction of sp³-hybridized carbons (Fsp3) is 0.294. The van der Waals surface area contributed by atoms with Crippen LogP contribution in [0, 0.1) is 64.7 Å². The van der Waals surface area contributed by atoms with Crippen LogP contribution in [0.15, 0.2) is 272 Å². The van der Waals surface area contributed by atoms with Crippen molar-refractivity contribution in [3.8, 4) is 23.0 Å². The molecule has 0 fully saturated rings. The van der Waals surface area contributed by atoms with Gasteiger partial charge in [-0.2, -0.15) is 81.6 Å². The largest absolute Gasteiger partial charge is 0.508 e. The van der Waals surface area contributed by atoms with Gasteiger partial charge < -0.3 is 39.7 Å². The first-order chi connectivity index (χ1) is 58.6.